The van der Waals surface area contributed by atoms with Crippen molar-refractivity contribution in [2.45, 2.75) is 25.7 Å². The van der Waals surface area contributed by atoms with Gasteiger partial charge < -0.3 is 10.2 Å². The molecule has 1 heterocycles. The molecule has 120 valence electrons. The van der Waals surface area contributed by atoms with Crippen LogP contribution in [0.15, 0.2) is 35.3 Å². The molecule has 0 saturated carbocycles. The van der Waals surface area contributed by atoms with Crippen molar-refractivity contribution in [2.75, 3.05) is 26.7 Å². The number of guanidine groups is 1. The van der Waals surface area contributed by atoms with E-state index in [4.69, 9.17) is 6.42 Å². The van der Waals surface area contributed by atoms with E-state index in [9.17, 15) is 0 Å². The van der Waals surface area contributed by atoms with Gasteiger partial charge in [0.25, 0.3) is 0 Å². The van der Waals surface area contributed by atoms with Gasteiger partial charge in [0.2, 0.25) is 0 Å². The molecule has 1 saturated heterocycles. The van der Waals surface area contributed by atoms with Gasteiger partial charge in [0.05, 0.1) is 6.54 Å². The van der Waals surface area contributed by atoms with E-state index in [0.717, 1.165) is 19.0 Å². The first kappa shape index (κ1) is 18.8. The van der Waals surface area contributed by atoms with Crippen LogP contribution in [-0.4, -0.2) is 37.5 Å². The Labute approximate surface area is 151 Å². The Morgan fingerprint density at radius 1 is 1.41 bits per heavy atom. The van der Waals surface area contributed by atoms with Crippen LogP contribution in [0.5, 0.6) is 0 Å². The maximum absolute atomic E-state index is 5.33. The standard InChI is InChI=1S/C18H25N3.HI/c1-4-12-20-18(19-3)21-13-11-17(15(5-2)14-21)16-9-7-6-8-10-16;/h1,6-10,15,17H,5,11-14H2,2-3H3,(H,19,20);1H. The summed E-state index contributed by atoms with van der Waals surface area (Å²) in [6.45, 7) is 4.88. The van der Waals surface area contributed by atoms with Crippen molar-refractivity contribution >= 4 is 29.9 Å². The molecule has 1 aliphatic heterocycles. The summed E-state index contributed by atoms with van der Waals surface area (Å²) in [6, 6.07) is 10.9. The van der Waals surface area contributed by atoms with Gasteiger partial charge in [-0.1, -0.05) is 49.6 Å². The molecule has 4 heteroatoms. The lowest BCUT2D eigenvalue weighted by Gasteiger charge is -2.40. The van der Waals surface area contributed by atoms with Gasteiger partial charge >= 0.3 is 0 Å². The highest BCUT2D eigenvalue weighted by Gasteiger charge is 2.30. The number of hydrogen-bond donors (Lipinski definition) is 1. The topological polar surface area (TPSA) is 27.6 Å². The summed E-state index contributed by atoms with van der Waals surface area (Å²) < 4.78 is 0. The van der Waals surface area contributed by atoms with Gasteiger partial charge in [-0.3, -0.25) is 4.99 Å². The van der Waals surface area contributed by atoms with Crippen LogP contribution in [0, 0.1) is 18.3 Å². The highest BCUT2D eigenvalue weighted by atomic mass is 127. The monoisotopic (exact) mass is 411 g/mol. The zero-order valence-electron chi connectivity index (χ0n) is 13.5. The normalized spacial score (nSPS) is 21.7. The smallest absolute Gasteiger partial charge is 0.194 e. The van der Waals surface area contributed by atoms with Crippen LogP contribution in [0.4, 0.5) is 0 Å². The molecule has 1 fully saturated rings. The molecule has 0 amide bonds. The van der Waals surface area contributed by atoms with Gasteiger partial charge in [0.1, 0.15) is 0 Å². The van der Waals surface area contributed by atoms with Crippen molar-refractivity contribution < 1.29 is 0 Å². The number of rotatable bonds is 3. The third-order valence-electron chi connectivity index (χ3n) is 4.35. The third-order valence-corrected chi connectivity index (χ3v) is 4.35. The molecule has 0 spiro atoms. The molecule has 1 aromatic rings. The molecule has 2 atom stereocenters. The molecule has 0 radical (unpaired) electrons. The second-order valence-electron chi connectivity index (χ2n) is 5.53. The minimum Gasteiger partial charge on any atom is -0.345 e. The average molecular weight is 411 g/mol. The van der Waals surface area contributed by atoms with E-state index >= 15 is 0 Å². The Balaban J connectivity index is 0.00000242. The zero-order valence-corrected chi connectivity index (χ0v) is 15.8. The van der Waals surface area contributed by atoms with Crippen LogP contribution >= 0.6 is 24.0 Å². The van der Waals surface area contributed by atoms with Crippen molar-refractivity contribution in [2.24, 2.45) is 10.9 Å². The third kappa shape index (κ3) is 4.64. The number of benzene rings is 1. The highest BCUT2D eigenvalue weighted by molar-refractivity contribution is 14.0. The van der Waals surface area contributed by atoms with Crippen LogP contribution in [0.25, 0.3) is 0 Å². The number of aliphatic imine (C=N–C) groups is 1. The molecular formula is C18H26IN3. The van der Waals surface area contributed by atoms with E-state index in [1.807, 2.05) is 7.05 Å². The maximum atomic E-state index is 5.33. The number of nitrogens with zero attached hydrogens (tertiary/aromatic N) is 2. The van der Waals surface area contributed by atoms with Crippen LogP contribution < -0.4 is 5.32 Å². The highest BCUT2D eigenvalue weighted by Crippen LogP contribution is 2.34. The minimum atomic E-state index is 0. The van der Waals surface area contributed by atoms with Gasteiger partial charge in [-0.15, -0.1) is 30.4 Å². The van der Waals surface area contributed by atoms with Gasteiger partial charge in [-0.05, 0) is 23.8 Å². The van der Waals surface area contributed by atoms with E-state index in [2.05, 4.69) is 58.4 Å². The predicted octanol–water partition coefficient (Wildman–Crippen LogP) is 3.33. The molecule has 0 aliphatic carbocycles. The van der Waals surface area contributed by atoms with Crippen molar-refractivity contribution in [3.63, 3.8) is 0 Å². The Morgan fingerprint density at radius 3 is 2.73 bits per heavy atom. The van der Waals surface area contributed by atoms with Gasteiger partial charge in [-0.25, -0.2) is 0 Å². The molecule has 1 aromatic carbocycles. The van der Waals surface area contributed by atoms with Crippen LogP contribution in [0.2, 0.25) is 0 Å². The summed E-state index contributed by atoms with van der Waals surface area (Å²) in [5.41, 5.74) is 1.47. The van der Waals surface area contributed by atoms with Crippen LogP contribution in [-0.2, 0) is 0 Å². The quantitative estimate of drug-likeness (QED) is 0.358. The lowest BCUT2D eigenvalue weighted by molar-refractivity contribution is 0.216. The van der Waals surface area contributed by atoms with Crippen molar-refractivity contribution in [3.05, 3.63) is 35.9 Å². The summed E-state index contributed by atoms with van der Waals surface area (Å²) in [5, 5.41) is 3.23. The second kappa shape index (κ2) is 9.73. The predicted molar refractivity (Wildman–Crippen MR) is 105 cm³/mol. The number of piperidine rings is 1. The SMILES string of the molecule is C#CCNC(=NC)N1CCC(c2ccccc2)C(CC)C1.I. The van der Waals surface area contributed by atoms with Gasteiger partial charge in [0, 0.05) is 20.1 Å². The molecule has 0 aromatic heterocycles. The summed E-state index contributed by atoms with van der Waals surface area (Å²) in [6.07, 6.45) is 7.68. The summed E-state index contributed by atoms with van der Waals surface area (Å²) in [4.78, 5) is 6.69. The number of terminal acetylenes is 1. The summed E-state index contributed by atoms with van der Waals surface area (Å²) in [7, 11) is 1.82. The van der Waals surface area contributed by atoms with Gasteiger partial charge in [0.15, 0.2) is 5.96 Å². The van der Waals surface area contributed by atoms with Crippen molar-refractivity contribution in [3.8, 4) is 12.3 Å². The fourth-order valence-corrected chi connectivity index (χ4v) is 3.24. The number of likely N-dealkylation sites (tertiary alicyclic amines) is 1. The molecule has 2 rings (SSSR count). The molecule has 3 nitrogen and oxygen atoms in total. The number of hydrogen-bond acceptors (Lipinski definition) is 1. The van der Waals surface area contributed by atoms with E-state index < -0.39 is 0 Å². The Hall–Kier alpha value is -1.22. The van der Waals surface area contributed by atoms with Crippen molar-refractivity contribution in [1.82, 2.24) is 10.2 Å². The lowest BCUT2D eigenvalue weighted by atomic mass is 9.79. The zero-order chi connectivity index (χ0) is 15.1. The average Bonchev–Trinajstić information content (AvgIpc) is 2.56. The Kier molecular flexibility index (Phi) is 8.32. The first-order chi connectivity index (χ1) is 10.3. The molecule has 22 heavy (non-hydrogen) atoms. The molecule has 2 unspecified atom stereocenters. The van der Waals surface area contributed by atoms with Crippen LogP contribution in [0.3, 0.4) is 0 Å². The fraction of sp³-hybridized carbons (Fsp3) is 0.500. The largest absolute Gasteiger partial charge is 0.345 e. The van der Waals surface area contributed by atoms with Crippen LogP contribution in [0.1, 0.15) is 31.2 Å². The molecule has 1 aliphatic rings. The summed E-state index contributed by atoms with van der Waals surface area (Å²) in [5.74, 6) is 4.85. The molecule has 0 bridgehead atoms. The Bertz CT molecular complexity index is 507. The molecular weight excluding hydrogens is 385 g/mol. The van der Waals surface area contributed by atoms with E-state index in [1.165, 1.54) is 18.4 Å². The second-order valence-corrected chi connectivity index (χ2v) is 5.53. The minimum absolute atomic E-state index is 0. The van der Waals surface area contributed by atoms with E-state index in [1.54, 1.807) is 0 Å². The first-order valence-corrected chi connectivity index (χ1v) is 7.74. The van der Waals surface area contributed by atoms with Gasteiger partial charge in [-0.2, -0.15) is 0 Å². The maximum Gasteiger partial charge on any atom is 0.194 e. The fourth-order valence-electron chi connectivity index (χ4n) is 3.24. The lowest BCUT2D eigenvalue weighted by Crippen LogP contribution is -2.48. The first-order valence-electron chi connectivity index (χ1n) is 7.74. The number of halogens is 1. The van der Waals surface area contributed by atoms with E-state index in [0.29, 0.717) is 18.4 Å². The van der Waals surface area contributed by atoms with Crippen molar-refractivity contribution in [1.29, 1.82) is 0 Å². The molecule has 1 N–H and O–H groups in total. The Morgan fingerprint density at radius 2 is 2.14 bits per heavy atom. The number of nitrogens with one attached hydrogen (secondary N) is 1. The van der Waals surface area contributed by atoms with E-state index in [-0.39, 0.29) is 24.0 Å². The summed E-state index contributed by atoms with van der Waals surface area (Å²) >= 11 is 0.